The van der Waals surface area contributed by atoms with Gasteiger partial charge in [-0.15, -0.1) is 0 Å². The minimum atomic E-state index is -2.68. The third-order valence-corrected chi connectivity index (χ3v) is 2.81. The molecule has 0 amide bonds. The Balaban J connectivity index is 2.78. The summed E-state index contributed by atoms with van der Waals surface area (Å²) < 4.78 is 35.5. The van der Waals surface area contributed by atoms with Crippen LogP contribution in [0.3, 0.4) is 0 Å². The number of nitrogens with zero attached hydrogens (tertiary/aromatic N) is 1. The first kappa shape index (κ1) is 12.8. The van der Waals surface area contributed by atoms with Gasteiger partial charge in [-0.1, -0.05) is 11.6 Å². The Morgan fingerprint density at radius 3 is 2.44 bits per heavy atom. The zero-order valence-corrected chi connectivity index (χ0v) is 10.5. The molecule has 0 spiro atoms. The van der Waals surface area contributed by atoms with Crippen LogP contribution in [0.2, 0.25) is 5.02 Å². The highest BCUT2D eigenvalue weighted by molar-refractivity contribution is 6.35. The van der Waals surface area contributed by atoms with Crippen molar-refractivity contribution in [2.75, 3.05) is 14.2 Å². The minimum Gasteiger partial charge on any atom is -0.497 e. The zero-order chi connectivity index (χ0) is 13.3. The third-order valence-electron chi connectivity index (χ3n) is 2.50. The van der Waals surface area contributed by atoms with Gasteiger partial charge >= 0.3 is 0 Å². The van der Waals surface area contributed by atoms with E-state index in [1.54, 1.807) is 12.1 Å². The average Bonchev–Trinajstić information content (AvgIpc) is 2.37. The van der Waals surface area contributed by atoms with Gasteiger partial charge < -0.3 is 9.47 Å². The molecule has 18 heavy (non-hydrogen) atoms. The molecule has 1 aromatic heterocycles. The molecule has 0 bridgehead atoms. The highest BCUT2D eigenvalue weighted by Crippen LogP contribution is 2.35. The summed E-state index contributed by atoms with van der Waals surface area (Å²) in [5.74, 6) is 0.863. The lowest BCUT2D eigenvalue weighted by Crippen LogP contribution is -1.95. The standard InChI is InChI=1S/C12H10ClF2NO2/c1-17-6-3-7-8(13)5-9(12(14)15)16-11(7)10(4-6)18-2/h3-5,12H,1-2H3. The molecule has 0 fully saturated rings. The molecule has 0 radical (unpaired) electrons. The van der Waals surface area contributed by atoms with Gasteiger partial charge in [0.25, 0.3) is 6.43 Å². The predicted octanol–water partition coefficient (Wildman–Crippen LogP) is 3.84. The first-order valence-electron chi connectivity index (χ1n) is 5.07. The van der Waals surface area contributed by atoms with Crippen LogP contribution in [0.5, 0.6) is 11.5 Å². The number of halogens is 3. The molecule has 0 saturated heterocycles. The molecule has 3 nitrogen and oxygen atoms in total. The van der Waals surface area contributed by atoms with Crippen molar-refractivity contribution in [3.05, 3.63) is 28.9 Å². The van der Waals surface area contributed by atoms with Crippen molar-refractivity contribution in [1.82, 2.24) is 4.98 Å². The molecule has 2 aromatic rings. The minimum absolute atomic E-state index is 0.188. The topological polar surface area (TPSA) is 31.4 Å². The van der Waals surface area contributed by atoms with Crippen molar-refractivity contribution in [3.63, 3.8) is 0 Å². The largest absolute Gasteiger partial charge is 0.497 e. The van der Waals surface area contributed by atoms with Crippen LogP contribution in [-0.4, -0.2) is 19.2 Å². The molecular formula is C12H10ClF2NO2. The van der Waals surface area contributed by atoms with Gasteiger partial charge in [0.05, 0.1) is 19.2 Å². The summed E-state index contributed by atoms with van der Waals surface area (Å²) in [5, 5.41) is 0.699. The Hall–Kier alpha value is -1.62. The molecule has 2 rings (SSSR count). The second-order valence-electron chi connectivity index (χ2n) is 3.56. The lowest BCUT2D eigenvalue weighted by molar-refractivity contribution is 0.146. The fourth-order valence-electron chi connectivity index (χ4n) is 1.63. The maximum absolute atomic E-state index is 12.7. The van der Waals surface area contributed by atoms with Crippen molar-refractivity contribution in [2.45, 2.75) is 6.43 Å². The van der Waals surface area contributed by atoms with E-state index in [0.29, 0.717) is 22.4 Å². The van der Waals surface area contributed by atoms with Crippen molar-refractivity contribution in [1.29, 1.82) is 0 Å². The van der Waals surface area contributed by atoms with E-state index in [1.165, 1.54) is 14.2 Å². The molecule has 0 aliphatic carbocycles. The number of fused-ring (bicyclic) bond motifs is 1. The van der Waals surface area contributed by atoms with Crippen LogP contribution in [-0.2, 0) is 0 Å². The summed E-state index contributed by atoms with van der Waals surface area (Å²) in [5.41, 5.74) is -0.0860. The first-order chi connectivity index (χ1) is 8.56. The Morgan fingerprint density at radius 1 is 1.17 bits per heavy atom. The van der Waals surface area contributed by atoms with E-state index in [4.69, 9.17) is 21.1 Å². The molecule has 0 aliphatic rings. The summed E-state index contributed by atoms with van der Waals surface area (Å²) in [6.45, 7) is 0. The summed E-state index contributed by atoms with van der Waals surface area (Å²) >= 11 is 5.98. The second kappa shape index (κ2) is 4.94. The van der Waals surface area contributed by atoms with Crippen LogP contribution in [0.25, 0.3) is 10.9 Å². The Labute approximate surface area is 107 Å². The normalized spacial score (nSPS) is 11.0. The smallest absolute Gasteiger partial charge is 0.280 e. The van der Waals surface area contributed by atoms with E-state index < -0.39 is 6.43 Å². The number of alkyl halides is 2. The van der Waals surface area contributed by atoms with E-state index in [0.717, 1.165) is 6.07 Å². The van der Waals surface area contributed by atoms with E-state index in [1.807, 2.05) is 0 Å². The maximum Gasteiger partial charge on any atom is 0.280 e. The number of aromatic nitrogens is 1. The maximum atomic E-state index is 12.7. The fourth-order valence-corrected chi connectivity index (χ4v) is 1.89. The van der Waals surface area contributed by atoms with Crippen molar-refractivity contribution >= 4 is 22.5 Å². The quantitative estimate of drug-likeness (QED) is 0.851. The molecule has 96 valence electrons. The van der Waals surface area contributed by atoms with Gasteiger partial charge in [0, 0.05) is 11.5 Å². The van der Waals surface area contributed by atoms with E-state index >= 15 is 0 Å². The first-order valence-corrected chi connectivity index (χ1v) is 5.45. The van der Waals surface area contributed by atoms with Gasteiger partial charge in [-0.2, -0.15) is 0 Å². The van der Waals surface area contributed by atoms with Gasteiger partial charge in [0.2, 0.25) is 0 Å². The zero-order valence-electron chi connectivity index (χ0n) is 9.71. The highest BCUT2D eigenvalue weighted by atomic mass is 35.5. The summed E-state index contributed by atoms with van der Waals surface area (Å²) in [6.07, 6.45) is -2.68. The van der Waals surface area contributed by atoms with Crippen molar-refractivity contribution < 1.29 is 18.3 Å². The van der Waals surface area contributed by atoms with Crippen molar-refractivity contribution in [3.8, 4) is 11.5 Å². The number of pyridine rings is 1. The Morgan fingerprint density at radius 2 is 1.89 bits per heavy atom. The van der Waals surface area contributed by atoms with Gasteiger partial charge in [0.15, 0.2) is 0 Å². The van der Waals surface area contributed by atoms with Gasteiger partial charge in [-0.3, -0.25) is 0 Å². The Bertz CT molecular complexity index is 590. The monoisotopic (exact) mass is 273 g/mol. The highest BCUT2D eigenvalue weighted by Gasteiger charge is 2.16. The SMILES string of the molecule is COc1cc(OC)c2nc(C(F)F)cc(Cl)c2c1. The molecule has 0 N–H and O–H groups in total. The number of hydrogen-bond acceptors (Lipinski definition) is 3. The van der Waals surface area contributed by atoms with Crippen LogP contribution >= 0.6 is 11.6 Å². The van der Waals surface area contributed by atoms with Crippen LogP contribution in [0, 0.1) is 0 Å². The average molecular weight is 274 g/mol. The van der Waals surface area contributed by atoms with Crippen LogP contribution < -0.4 is 9.47 Å². The third kappa shape index (κ3) is 2.18. The van der Waals surface area contributed by atoms with Crippen LogP contribution in [0.1, 0.15) is 12.1 Å². The number of benzene rings is 1. The molecule has 0 unspecified atom stereocenters. The molecular weight excluding hydrogens is 264 g/mol. The molecule has 0 saturated carbocycles. The number of ether oxygens (including phenoxy) is 2. The van der Waals surface area contributed by atoms with Crippen LogP contribution in [0.15, 0.2) is 18.2 Å². The number of hydrogen-bond donors (Lipinski definition) is 0. The van der Waals surface area contributed by atoms with Gasteiger partial charge in [-0.25, -0.2) is 13.8 Å². The van der Waals surface area contributed by atoms with Gasteiger partial charge in [-0.05, 0) is 12.1 Å². The van der Waals surface area contributed by atoms with E-state index in [-0.39, 0.29) is 10.7 Å². The summed E-state index contributed by atoms with van der Waals surface area (Å²) in [4.78, 5) is 3.87. The molecule has 1 aromatic carbocycles. The second-order valence-corrected chi connectivity index (χ2v) is 3.96. The summed E-state index contributed by atoms with van der Waals surface area (Å²) in [6, 6.07) is 4.34. The lowest BCUT2D eigenvalue weighted by atomic mass is 10.1. The lowest BCUT2D eigenvalue weighted by Gasteiger charge is -2.10. The molecule has 0 atom stereocenters. The van der Waals surface area contributed by atoms with Crippen molar-refractivity contribution in [2.24, 2.45) is 0 Å². The fraction of sp³-hybridized carbons (Fsp3) is 0.250. The van der Waals surface area contributed by atoms with E-state index in [9.17, 15) is 8.78 Å². The summed E-state index contributed by atoms with van der Waals surface area (Å²) in [7, 11) is 2.92. The molecule has 6 heteroatoms. The van der Waals surface area contributed by atoms with Crippen LogP contribution in [0.4, 0.5) is 8.78 Å². The van der Waals surface area contributed by atoms with E-state index in [2.05, 4.69) is 4.98 Å². The predicted molar refractivity (Wildman–Crippen MR) is 64.8 cm³/mol. The number of rotatable bonds is 3. The molecule has 1 heterocycles. The Kier molecular flexibility index (Phi) is 3.52. The number of methoxy groups -OCH3 is 2. The molecule has 0 aliphatic heterocycles. The van der Waals surface area contributed by atoms with Gasteiger partial charge in [0.1, 0.15) is 22.7 Å².